The van der Waals surface area contributed by atoms with Gasteiger partial charge in [0.2, 0.25) is 0 Å². The molecule has 2 aliphatic rings. The van der Waals surface area contributed by atoms with Gasteiger partial charge in [-0.25, -0.2) is 4.79 Å². The van der Waals surface area contributed by atoms with Gasteiger partial charge in [-0.1, -0.05) is 38.0 Å². The van der Waals surface area contributed by atoms with Crippen molar-refractivity contribution in [2.45, 2.75) is 65.7 Å². The molecule has 0 aromatic rings. The van der Waals surface area contributed by atoms with Gasteiger partial charge in [-0.15, -0.1) is 0 Å². The van der Waals surface area contributed by atoms with Crippen LogP contribution in [0.4, 0.5) is 0 Å². The summed E-state index contributed by atoms with van der Waals surface area (Å²) in [4.78, 5) is 22.6. The van der Waals surface area contributed by atoms with Crippen LogP contribution in [0.2, 0.25) is 0 Å². The minimum absolute atomic E-state index is 0.118. The Morgan fingerprint density at radius 2 is 2.09 bits per heavy atom. The van der Waals surface area contributed by atoms with Crippen molar-refractivity contribution in [1.29, 1.82) is 0 Å². The van der Waals surface area contributed by atoms with Gasteiger partial charge in [-0.05, 0) is 62.7 Å². The minimum Gasteiger partial charge on any atom is -0.478 e. The Labute approximate surface area is 139 Å². The molecule has 2 saturated carbocycles. The number of hydrogen-bond donors (Lipinski definition) is 1. The molecular weight excluding hydrogens is 288 g/mol. The predicted molar refractivity (Wildman–Crippen MR) is 92.1 cm³/mol. The Morgan fingerprint density at radius 1 is 1.39 bits per heavy atom. The van der Waals surface area contributed by atoms with Crippen molar-refractivity contribution in [2.75, 3.05) is 0 Å². The second-order valence-electron chi connectivity index (χ2n) is 8.15. The molecule has 2 rings (SSSR count). The topological polar surface area (TPSA) is 54.4 Å². The Bertz CT molecular complexity index is 533. The first-order valence-electron chi connectivity index (χ1n) is 8.77. The highest BCUT2D eigenvalue weighted by Crippen LogP contribution is 2.61. The summed E-state index contributed by atoms with van der Waals surface area (Å²) in [6.45, 7) is 10.7. The highest BCUT2D eigenvalue weighted by atomic mass is 16.4. The zero-order valence-electron chi connectivity index (χ0n) is 14.7. The second kappa shape index (κ2) is 6.62. The van der Waals surface area contributed by atoms with E-state index in [1.807, 2.05) is 6.92 Å². The number of carbonyl (C=O) groups is 2. The van der Waals surface area contributed by atoms with Gasteiger partial charge in [0.05, 0.1) is 0 Å². The lowest BCUT2D eigenvalue weighted by molar-refractivity contribution is -0.132. The van der Waals surface area contributed by atoms with Gasteiger partial charge in [0.1, 0.15) is 6.29 Å². The van der Waals surface area contributed by atoms with Crippen LogP contribution in [-0.4, -0.2) is 17.4 Å². The predicted octanol–water partition coefficient (Wildman–Crippen LogP) is 4.78. The van der Waals surface area contributed by atoms with Gasteiger partial charge in [-0.2, -0.15) is 0 Å². The van der Waals surface area contributed by atoms with Crippen molar-refractivity contribution in [3.05, 3.63) is 23.8 Å². The highest BCUT2D eigenvalue weighted by molar-refractivity contribution is 5.80. The molecule has 0 aromatic carbocycles. The highest BCUT2D eigenvalue weighted by Gasteiger charge is 2.54. The molecule has 0 amide bonds. The third kappa shape index (κ3) is 3.44. The summed E-state index contributed by atoms with van der Waals surface area (Å²) < 4.78 is 0. The molecule has 2 fully saturated rings. The molecule has 3 heteroatoms. The molecule has 0 heterocycles. The van der Waals surface area contributed by atoms with Crippen LogP contribution < -0.4 is 0 Å². The molecule has 4 atom stereocenters. The van der Waals surface area contributed by atoms with Crippen LogP contribution in [0, 0.1) is 22.7 Å². The van der Waals surface area contributed by atoms with Crippen molar-refractivity contribution < 1.29 is 14.7 Å². The van der Waals surface area contributed by atoms with E-state index in [0.717, 1.165) is 50.5 Å². The average molecular weight is 318 g/mol. The van der Waals surface area contributed by atoms with E-state index >= 15 is 0 Å². The smallest absolute Gasteiger partial charge is 0.328 e. The van der Waals surface area contributed by atoms with E-state index in [1.165, 1.54) is 17.9 Å². The van der Waals surface area contributed by atoms with E-state index < -0.39 is 5.97 Å². The second-order valence-corrected chi connectivity index (χ2v) is 8.15. The molecule has 0 saturated heterocycles. The fourth-order valence-electron chi connectivity index (χ4n) is 5.33. The van der Waals surface area contributed by atoms with E-state index in [2.05, 4.69) is 20.4 Å². The summed E-state index contributed by atoms with van der Waals surface area (Å²) in [6, 6.07) is 0. The number of allylic oxidation sites excluding steroid dienone is 2. The number of rotatable bonds is 5. The Hall–Kier alpha value is -1.38. The van der Waals surface area contributed by atoms with Crippen molar-refractivity contribution in [2.24, 2.45) is 22.7 Å². The maximum atomic E-state index is 11.8. The van der Waals surface area contributed by atoms with E-state index in [1.54, 1.807) is 0 Å². The summed E-state index contributed by atoms with van der Waals surface area (Å²) in [5.41, 5.74) is 2.11. The lowest BCUT2D eigenvalue weighted by atomic mass is 9.47. The number of aliphatic carboxylic acids is 1. The van der Waals surface area contributed by atoms with Gasteiger partial charge in [-0.3, -0.25) is 0 Å². The molecular formula is C20H30O3. The third-order valence-corrected chi connectivity index (χ3v) is 6.53. The number of carbonyl (C=O) groups excluding carboxylic acids is 1. The van der Waals surface area contributed by atoms with E-state index in [9.17, 15) is 9.59 Å². The fourth-order valence-corrected chi connectivity index (χ4v) is 5.33. The van der Waals surface area contributed by atoms with Crippen LogP contribution in [0.1, 0.15) is 65.7 Å². The van der Waals surface area contributed by atoms with Crippen LogP contribution in [-0.2, 0) is 9.59 Å². The van der Waals surface area contributed by atoms with Gasteiger partial charge < -0.3 is 9.90 Å². The zero-order valence-corrected chi connectivity index (χ0v) is 14.7. The maximum absolute atomic E-state index is 11.8. The number of carboxylic acids is 1. The molecule has 0 bridgehead atoms. The first-order chi connectivity index (χ1) is 10.7. The molecule has 1 N–H and O–H groups in total. The van der Waals surface area contributed by atoms with Gasteiger partial charge in [0.15, 0.2) is 0 Å². The van der Waals surface area contributed by atoms with Crippen molar-refractivity contribution >= 4 is 12.3 Å². The molecule has 0 aromatic heterocycles. The fraction of sp³-hybridized carbons (Fsp3) is 0.700. The summed E-state index contributed by atoms with van der Waals surface area (Å²) in [5.74, 6) is -0.0706. The number of carboxylic acid groups (broad SMARTS) is 1. The van der Waals surface area contributed by atoms with Crippen LogP contribution >= 0.6 is 0 Å². The summed E-state index contributed by atoms with van der Waals surface area (Å²) in [5, 5.41) is 8.88. The molecule has 0 aliphatic heterocycles. The first kappa shape index (κ1) is 18.0. The van der Waals surface area contributed by atoms with E-state index in [0.29, 0.717) is 11.8 Å². The van der Waals surface area contributed by atoms with Crippen LogP contribution in [0.15, 0.2) is 23.8 Å². The maximum Gasteiger partial charge on any atom is 0.328 e. The Kier molecular flexibility index (Phi) is 5.17. The largest absolute Gasteiger partial charge is 0.478 e. The normalized spacial score (nSPS) is 38.0. The van der Waals surface area contributed by atoms with Crippen molar-refractivity contribution in [1.82, 2.24) is 0 Å². The number of aldehydes is 1. The Morgan fingerprint density at radius 3 is 2.70 bits per heavy atom. The quantitative estimate of drug-likeness (QED) is 0.451. The summed E-state index contributed by atoms with van der Waals surface area (Å²) in [7, 11) is 0. The minimum atomic E-state index is -0.875. The lowest BCUT2D eigenvalue weighted by Gasteiger charge is -2.57. The molecule has 2 aliphatic carbocycles. The van der Waals surface area contributed by atoms with Crippen molar-refractivity contribution in [3.63, 3.8) is 0 Å². The summed E-state index contributed by atoms with van der Waals surface area (Å²) in [6.07, 6.45) is 9.52. The molecule has 0 radical (unpaired) electrons. The zero-order chi connectivity index (χ0) is 17.3. The van der Waals surface area contributed by atoms with Crippen LogP contribution in [0.3, 0.4) is 0 Å². The average Bonchev–Trinajstić information content (AvgIpc) is 2.45. The Balaban J connectivity index is 2.22. The number of hydrogen-bond acceptors (Lipinski definition) is 2. The third-order valence-electron chi connectivity index (χ3n) is 6.53. The summed E-state index contributed by atoms with van der Waals surface area (Å²) >= 11 is 0. The molecule has 23 heavy (non-hydrogen) atoms. The van der Waals surface area contributed by atoms with Gasteiger partial charge in [0.25, 0.3) is 0 Å². The molecule has 3 nitrogen and oxygen atoms in total. The van der Waals surface area contributed by atoms with E-state index in [-0.39, 0.29) is 10.8 Å². The SMILES string of the molecule is C=C1CCC2C(C)(C=O)CCCC2(C)C1CCC(C)=CC(=O)O. The monoisotopic (exact) mass is 318 g/mol. The van der Waals surface area contributed by atoms with Crippen molar-refractivity contribution in [3.8, 4) is 0 Å². The van der Waals surface area contributed by atoms with Gasteiger partial charge >= 0.3 is 5.97 Å². The lowest BCUT2D eigenvalue weighted by Crippen LogP contribution is -2.51. The van der Waals surface area contributed by atoms with Crippen LogP contribution in [0.5, 0.6) is 0 Å². The molecule has 4 unspecified atom stereocenters. The molecule has 128 valence electrons. The van der Waals surface area contributed by atoms with Gasteiger partial charge in [0, 0.05) is 11.5 Å². The molecule has 0 spiro atoms. The standard InChI is InChI=1S/C20H30O3/c1-14(12-18(22)23)6-8-16-15(2)7-9-17-19(3,13-21)10-5-11-20(16,17)4/h12-13,16-17H,2,5-11H2,1,3-4H3,(H,22,23). The first-order valence-corrected chi connectivity index (χ1v) is 8.77. The van der Waals surface area contributed by atoms with E-state index in [4.69, 9.17) is 5.11 Å². The number of fused-ring (bicyclic) bond motifs is 1. The van der Waals surface area contributed by atoms with Crippen LogP contribution in [0.25, 0.3) is 0 Å².